The number of aliphatic imine (C=N–C) groups is 1. The molecule has 1 aliphatic rings. The summed E-state index contributed by atoms with van der Waals surface area (Å²) in [6.45, 7) is 9.49. The fourth-order valence-electron chi connectivity index (χ4n) is 3.47. The van der Waals surface area contributed by atoms with E-state index in [9.17, 15) is 8.42 Å². The van der Waals surface area contributed by atoms with Gasteiger partial charge in [0.05, 0.1) is 9.90 Å². The average Bonchev–Trinajstić information content (AvgIpc) is 3.22. The van der Waals surface area contributed by atoms with E-state index in [2.05, 4.69) is 42.3 Å². The molecular formula is C21H32IN5O2S2. The lowest BCUT2D eigenvalue weighted by atomic mass is 10.1. The van der Waals surface area contributed by atoms with Crippen molar-refractivity contribution in [3.05, 3.63) is 47.3 Å². The summed E-state index contributed by atoms with van der Waals surface area (Å²) < 4.78 is 28.4. The highest BCUT2D eigenvalue weighted by atomic mass is 127. The van der Waals surface area contributed by atoms with Crippen LogP contribution in [0.25, 0.3) is 0 Å². The predicted molar refractivity (Wildman–Crippen MR) is 140 cm³/mol. The Morgan fingerprint density at radius 3 is 2.35 bits per heavy atom. The molecule has 1 saturated heterocycles. The zero-order valence-corrected chi connectivity index (χ0v) is 22.4. The lowest BCUT2D eigenvalue weighted by Gasteiger charge is -2.37. The van der Waals surface area contributed by atoms with E-state index in [0.717, 1.165) is 32.1 Å². The Balaban J connectivity index is 0.00000341. The molecule has 7 nitrogen and oxygen atoms in total. The second-order valence-corrected chi connectivity index (χ2v) is 10.9. The summed E-state index contributed by atoms with van der Waals surface area (Å²) in [7, 11) is -1.85. The van der Waals surface area contributed by atoms with Gasteiger partial charge in [0.1, 0.15) is 0 Å². The number of rotatable bonds is 5. The molecule has 172 valence electrons. The average molecular weight is 578 g/mol. The van der Waals surface area contributed by atoms with Gasteiger partial charge in [-0.1, -0.05) is 18.2 Å². The van der Waals surface area contributed by atoms with Gasteiger partial charge < -0.3 is 15.1 Å². The zero-order valence-electron chi connectivity index (χ0n) is 18.5. The van der Waals surface area contributed by atoms with E-state index in [1.54, 1.807) is 30.5 Å². The first kappa shape index (κ1) is 25.9. The summed E-state index contributed by atoms with van der Waals surface area (Å²) in [6, 6.07) is 11.3. The number of anilines is 1. The molecule has 0 radical (unpaired) electrons. The lowest BCUT2D eigenvalue weighted by molar-refractivity contribution is 0.373. The van der Waals surface area contributed by atoms with E-state index in [4.69, 9.17) is 0 Å². The monoisotopic (exact) mass is 577 g/mol. The van der Waals surface area contributed by atoms with E-state index < -0.39 is 15.6 Å². The minimum atomic E-state index is -3.61. The molecule has 2 aromatic rings. The number of sulfonamides is 1. The van der Waals surface area contributed by atoms with Crippen LogP contribution in [0.5, 0.6) is 0 Å². The third-order valence-electron chi connectivity index (χ3n) is 4.75. The summed E-state index contributed by atoms with van der Waals surface area (Å²) in [6.07, 6.45) is 0. The topological polar surface area (TPSA) is 77.0 Å². The first-order valence-corrected chi connectivity index (χ1v) is 12.4. The van der Waals surface area contributed by atoms with Crippen molar-refractivity contribution < 1.29 is 8.42 Å². The van der Waals surface area contributed by atoms with Gasteiger partial charge in [0.25, 0.3) is 0 Å². The maximum Gasteiger partial charge on any atom is 0.241 e. The molecule has 0 amide bonds. The Morgan fingerprint density at radius 2 is 1.77 bits per heavy atom. The van der Waals surface area contributed by atoms with Gasteiger partial charge in [-0.15, -0.1) is 35.3 Å². The molecule has 1 aliphatic heterocycles. The number of nitrogens with one attached hydrogen (secondary N) is 2. The molecule has 2 N–H and O–H groups in total. The molecule has 1 fully saturated rings. The van der Waals surface area contributed by atoms with Crippen molar-refractivity contribution in [3.8, 4) is 0 Å². The van der Waals surface area contributed by atoms with Crippen molar-refractivity contribution >= 4 is 56.3 Å². The van der Waals surface area contributed by atoms with E-state index in [1.165, 1.54) is 5.00 Å². The van der Waals surface area contributed by atoms with Crippen LogP contribution in [-0.4, -0.2) is 58.0 Å². The molecule has 0 aliphatic carbocycles. The summed E-state index contributed by atoms with van der Waals surface area (Å²) in [5.74, 6) is 0.789. The normalized spacial score (nSPS) is 15.5. The van der Waals surface area contributed by atoms with Gasteiger partial charge in [-0.2, -0.15) is 0 Å². The van der Waals surface area contributed by atoms with Crippen LogP contribution in [0.2, 0.25) is 0 Å². The molecule has 0 spiro atoms. The SMILES string of the molecule is CN=C(NCc1ccccc1S(=O)(=O)NC(C)(C)C)N1CCN(c2cccs2)CC1.I. The maximum absolute atomic E-state index is 12.8. The number of halogens is 1. The quantitative estimate of drug-likeness (QED) is 0.324. The van der Waals surface area contributed by atoms with Crippen molar-refractivity contribution in [3.63, 3.8) is 0 Å². The molecule has 0 saturated carbocycles. The molecule has 1 aromatic heterocycles. The number of hydrogen-bond donors (Lipinski definition) is 2. The van der Waals surface area contributed by atoms with E-state index in [-0.39, 0.29) is 24.0 Å². The summed E-state index contributed by atoms with van der Waals surface area (Å²) in [5.41, 5.74) is 0.171. The van der Waals surface area contributed by atoms with E-state index in [0.29, 0.717) is 17.0 Å². The minimum absolute atomic E-state index is 0. The molecule has 10 heteroatoms. The highest BCUT2D eigenvalue weighted by Gasteiger charge is 2.25. The van der Waals surface area contributed by atoms with Crippen molar-refractivity contribution in [2.75, 3.05) is 38.1 Å². The molecule has 0 bridgehead atoms. The van der Waals surface area contributed by atoms with Gasteiger partial charge in [0.2, 0.25) is 10.0 Å². The largest absolute Gasteiger partial charge is 0.360 e. The van der Waals surface area contributed by atoms with Crippen molar-refractivity contribution in [2.24, 2.45) is 4.99 Å². The number of guanidine groups is 1. The minimum Gasteiger partial charge on any atom is -0.360 e. The van der Waals surface area contributed by atoms with Crippen molar-refractivity contribution in [1.82, 2.24) is 14.9 Å². The first-order chi connectivity index (χ1) is 14.2. The van der Waals surface area contributed by atoms with Gasteiger partial charge in [-0.3, -0.25) is 4.99 Å². The van der Waals surface area contributed by atoms with Crippen LogP contribution in [0, 0.1) is 0 Å². The maximum atomic E-state index is 12.8. The Bertz CT molecular complexity index is 964. The smallest absolute Gasteiger partial charge is 0.241 e. The van der Waals surface area contributed by atoms with Gasteiger partial charge in [0, 0.05) is 45.3 Å². The Labute approximate surface area is 207 Å². The number of thiophene rings is 1. The second kappa shape index (κ2) is 11.0. The summed E-state index contributed by atoms with van der Waals surface area (Å²) >= 11 is 1.76. The van der Waals surface area contributed by atoms with Crippen LogP contribution in [-0.2, 0) is 16.6 Å². The highest BCUT2D eigenvalue weighted by molar-refractivity contribution is 14.0. The third-order valence-corrected chi connectivity index (χ3v) is 7.54. The lowest BCUT2D eigenvalue weighted by Crippen LogP contribution is -2.52. The van der Waals surface area contributed by atoms with Crippen molar-refractivity contribution in [2.45, 2.75) is 37.8 Å². The Hall–Kier alpha value is -1.37. The molecule has 1 aromatic carbocycles. The first-order valence-electron chi connectivity index (χ1n) is 10.1. The fourth-order valence-corrected chi connectivity index (χ4v) is 5.91. The van der Waals surface area contributed by atoms with Crippen LogP contribution >= 0.6 is 35.3 Å². The number of piperazine rings is 1. The number of hydrogen-bond acceptors (Lipinski definition) is 5. The van der Waals surface area contributed by atoms with Crippen LogP contribution in [0.1, 0.15) is 26.3 Å². The Kier molecular flexibility index (Phi) is 9.16. The molecule has 0 unspecified atom stereocenters. The standard InChI is InChI=1S/C21H31N5O2S2.HI/c1-21(2,3)24-30(27,28)18-9-6-5-8-17(18)16-23-20(22-4)26-13-11-25(12-14-26)19-10-7-15-29-19;/h5-10,15,24H,11-14,16H2,1-4H3,(H,22,23);1H. The van der Waals surface area contributed by atoms with Crippen molar-refractivity contribution in [1.29, 1.82) is 0 Å². The number of nitrogens with zero attached hydrogens (tertiary/aromatic N) is 3. The van der Waals surface area contributed by atoms with Gasteiger partial charge in [0.15, 0.2) is 5.96 Å². The molecule has 2 heterocycles. The van der Waals surface area contributed by atoms with E-state index >= 15 is 0 Å². The highest BCUT2D eigenvalue weighted by Crippen LogP contribution is 2.22. The summed E-state index contributed by atoms with van der Waals surface area (Å²) in [4.78, 5) is 9.31. The van der Waals surface area contributed by atoms with Crippen LogP contribution < -0.4 is 14.9 Å². The number of benzene rings is 1. The predicted octanol–water partition coefficient (Wildman–Crippen LogP) is 3.34. The van der Waals surface area contributed by atoms with Gasteiger partial charge in [-0.25, -0.2) is 13.1 Å². The molecule has 0 atom stereocenters. The fraction of sp³-hybridized carbons (Fsp3) is 0.476. The zero-order chi connectivity index (χ0) is 21.8. The van der Waals surface area contributed by atoms with E-state index in [1.807, 2.05) is 32.9 Å². The van der Waals surface area contributed by atoms with Crippen LogP contribution in [0.4, 0.5) is 5.00 Å². The van der Waals surface area contributed by atoms with Gasteiger partial charge >= 0.3 is 0 Å². The van der Waals surface area contributed by atoms with Crippen LogP contribution in [0.3, 0.4) is 0 Å². The molecule has 3 rings (SSSR count). The van der Waals surface area contributed by atoms with Gasteiger partial charge in [-0.05, 0) is 49.9 Å². The molecule has 31 heavy (non-hydrogen) atoms. The van der Waals surface area contributed by atoms with Crippen LogP contribution in [0.15, 0.2) is 51.7 Å². The molecular weight excluding hydrogens is 545 g/mol. The second-order valence-electron chi connectivity index (χ2n) is 8.29. The summed E-state index contributed by atoms with van der Waals surface area (Å²) in [5, 5.41) is 6.74. The Morgan fingerprint density at radius 1 is 1.10 bits per heavy atom. The third kappa shape index (κ3) is 7.06.